The van der Waals surface area contributed by atoms with Crippen molar-refractivity contribution in [3.63, 3.8) is 0 Å². The number of aromatic nitrogens is 1. The van der Waals surface area contributed by atoms with E-state index in [2.05, 4.69) is 9.72 Å². The van der Waals surface area contributed by atoms with Crippen molar-refractivity contribution in [1.82, 2.24) is 4.98 Å². The average Bonchev–Trinajstić information content (AvgIpc) is 3.25. The Morgan fingerprint density at radius 2 is 1.91 bits per heavy atom. The number of anilines is 1. The van der Waals surface area contributed by atoms with Crippen LogP contribution in [0.15, 0.2) is 24.4 Å². The van der Waals surface area contributed by atoms with Gasteiger partial charge in [0.15, 0.2) is 16.7 Å². The van der Waals surface area contributed by atoms with Crippen molar-refractivity contribution in [3.8, 4) is 5.75 Å². The van der Waals surface area contributed by atoms with Gasteiger partial charge in [0, 0.05) is 25.6 Å². The van der Waals surface area contributed by atoms with Gasteiger partial charge in [-0.05, 0) is 24.6 Å². The highest BCUT2D eigenvalue weighted by molar-refractivity contribution is 7.17. The third-order valence-electron chi connectivity index (χ3n) is 3.81. The zero-order valence-corrected chi connectivity index (χ0v) is 18.6. The number of hydrogen-bond acceptors (Lipinski definition) is 9. The summed E-state index contributed by atoms with van der Waals surface area (Å²) in [4.78, 5) is 38.4. The number of nitrogen functional groups attached to an aromatic ring is 1. The molecule has 0 bridgehead atoms. The SMILES string of the molecule is COC(=O)CCCN(C)c1ncc(C(=O)Oc2ccc(C(=N)N)cc2F)s1.O=C(O)C(F)(F)F. The second kappa shape index (κ2) is 12.5. The molecule has 0 saturated heterocycles. The summed E-state index contributed by atoms with van der Waals surface area (Å²) in [6.45, 7) is 0.554. The number of rotatable bonds is 8. The Bertz CT molecular complexity index is 1040. The number of methoxy groups -OCH3 is 1. The zero-order valence-electron chi connectivity index (χ0n) is 17.8. The number of aliphatic carboxylic acids is 1. The van der Waals surface area contributed by atoms with Crippen LogP contribution in [-0.4, -0.2) is 60.7 Å². The Kier molecular flexibility index (Phi) is 10.4. The fourth-order valence-corrected chi connectivity index (χ4v) is 2.87. The molecule has 0 aliphatic heterocycles. The van der Waals surface area contributed by atoms with Crippen molar-refractivity contribution in [2.24, 2.45) is 5.73 Å². The molecule has 186 valence electrons. The van der Waals surface area contributed by atoms with Crippen LogP contribution in [0.1, 0.15) is 28.1 Å². The van der Waals surface area contributed by atoms with E-state index >= 15 is 0 Å². The highest BCUT2D eigenvalue weighted by Gasteiger charge is 2.38. The fourth-order valence-electron chi connectivity index (χ4n) is 2.10. The second-order valence-corrected chi connectivity index (χ2v) is 7.37. The molecular weight excluding hydrogens is 488 g/mol. The molecule has 2 rings (SSSR count). The number of alkyl halides is 3. The maximum Gasteiger partial charge on any atom is 0.490 e. The van der Waals surface area contributed by atoms with Crippen LogP contribution in [0.4, 0.5) is 22.7 Å². The maximum atomic E-state index is 14.0. The number of carboxylic acids is 1. The lowest BCUT2D eigenvalue weighted by atomic mass is 10.2. The molecule has 0 aliphatic rings. The van der Waals surface area contributed by atoms with Gasteiger partial charge in [-0.25, -0.2) is 19.0 Å². The van der Waals surface area contributed by atoms with Gasteiger partial charge in [-0.2, -0.15) is 13.2 Å². The highest BCUT2D eigenvalue weighted by atomic mass is 32.1. The van der Waals surface area contributed by atoms with Gasteiger partial charge in [0.05, 0.1) is 13.3 Å². The van der Waals surface area contributed by atoms with Gasteiger partial charge in [-0.15, -0.1) is 0 Å². The van der Waals surface area contributed by atoms with Gasteiger partial charge in [-0.3, -0.25) is 10.2 Å². The number of ether oxygens (including phenoxy) is 2. The first-order valence-corrected chi connectivity index (χ1v) is 9.98. The summed E-state index contributed by atoms with van der Waals surface area (Å²) in [5.74, 6) is -5.12. The summed E-state index contributed by atoms with van der Waals surface area (Å²) in [5, 5.41) is 15.0. The predicted molar refractivity (Wildman–Crippen MR) is 113 cm³/mol. The summed E-state index contributed by atoms with van der Waals surface area (Å²) in [7, 11) is 3.12. The van der Waals surface area contributed by atoms with Gasteiger partial charge < -0.3 is 25.2 Å². The van der Waals surface area contributed by atoms with Crippen molar-refractivity contribution < 1.29 is 46.5 Å². The van der Waals surface area contributed by atoms with Crippen molar-refractivity contribution in [2.45, 2.75) is 19.0 Å². The lowest BCUT2D eigenvalue weighted by Gasteiger charge is -2.14. The Labute approximate surface area is 194 Å². The summed E-state index contributed by atoms with van der Waals surface area (Å²) in [5.41, 5.74) is 5.48. The summed E-state index contributed by atoms with van der Waals surface area (Å²) in [6.07, 6.45) is -2.87. The number of thiazole rings is 1. The third kappa shape index (κ3) is 9.01. The minimum atomic E-state index is -5.08. The molecule has 2 aromatic rings. The summed E-state index contributed by atoms with van der Waals surface area (Å²) >= 11 is 1.09. The topological polar surface area (TPSA) is 156 Å². The van der Waals surface area contributed by atoms with E-state index in [1.54, 1.807) is 11.9 Å². The molecule has 10 nitrogen and oxygen atoms in total. The predicted octanol–water partition coefficient (Wildman–Crippen LogP) is 2.81. The third-order valence-corrected chi connectivity index (χ3v) is 4.90. The fraction of sp³-hybridized carbons (Fsp3) is 0.316. The van der Waals surface area contributed by atoms with Crippen LogP contribution in [0.2, 0.25) is 0 Å². The van der Waals surface area contributed by atoms with Crippen LogP contribution in [0, 0.1) is 11.2 Å². The highest BCUT2D eigenvalue weighted by Crippen LogP contribution is 2.25. The molecule has 15 heteroatoms. The molecule has 0 fully saturated rings. The number of carbonyl (C=O) groups is 3. The molecule has 4 N–H and O–H groups in total. The molecule has 1 aromatic heterocycles. The monoisotopic (exact) mass is 508 g/mol. The molecule has 0 aliphatic carbocycles. The van der Waals surface area contributed by atoms with Crippen LogP contribution in [0.5, 0.6) is 5.75 Å². The molecule has 0 atom stereocenters. The Hall–Kier alpha value is -3.75. The molecule has 34 heavy (non-hydrogen) atoms. The van der Waals surface area contributed by atoms with Crippen LogP contribution < -0.4 is 15.4 Å². The zero-order chi connectivity index (χ0) is 26.1. The van der Waals surface area contributed by atoms with Crippen LogP contribution >= 0.6 is 11.3 Å². The van der Waals surface area contributed by atoms with E-state index in [9.17, 15) is 27.2 Å². The number of hydrogen-bond donors (Lipinski definition) is 3. The van der Waals surface area contributed by atoms with Crippen molar-refractivity contribution in [1.29, 1.82) is 5.41 Å². The summed E-state index contributed by atoms with van der Waals surface area (Å²) in [6, 6.07) is 3.66. The number of nitrogens with zero attached hydrogens (tertiary/aromatic N) is 2. The number of nitrogens with one attached hydrogen (secondary N) is 1. The first kappa shape index (κ1) is 28.3. The van der Waals surface area contributed by atoms with Crippen molar-refractivity contribution >= 4 is 40.2 Å². The van der Waals surface area contributed by atoms with Gasteiger partial charge in [0.2, 0.25) is 0 Å². The lowest BCUT2D eigenvalue weighted by Crippen LogP contribution is -2.21. The van der Waals surface area contributed by atoms with Crippen LogP contribution in [-0.2, 0) is 14.3 Å². The summed E-state index contributed by atoms with van der Waals surface area (Å²) < 4.78 is 55.3. The molecule has 0 saturated carbocycles. The van der Waals surface area contributed by atoms with Crippen LogP contribution in [0.3, 0.4) is 0 Å². The standard InChI is InChI=1S/C17H19FN4O4S.C2HF3O2/c1-22(7-3-4-14(23)25-2)17-21-9-13(27-17)16(24)26-12-6-5-10(15(19)20)8-11(12)18;3-2(4,5)1(6)7/h5-6,8-9H,3-4,7H2,1-2H3,(H3,19,20);(H,6,7). The minimum absolute atomic E-state index is 0.195. The van der Waals surface area contributed by atoms with Crippen molar-refractivity contribution in [3.05, 3.63) is 40.7 Å². The quantitative estimate of drug-likeness (QED) is 0.160. The number of benzene rings is 1. The van der Waals surface area contributed by atoms with Gasteiger partial charge >= 0.3 is 24.1 Å². The number of halogens is 4. The molecule has 0 radical (unpaired) electrons. The van der Waals surface area contributed by atoms with E-state index in [0.717, 1.165) is 17.4 Å². The van der Waals surface area contributed by atoms with Gasteiger partial charge in [0.25, 0.3) is 0 Å². The number of carboxylic acid groups (broad SMARTS) is 1. The molecule has 1 heterocycles. The first-order chi connectivity index (χ1) is 15.8. The number of amidine groups is 1. The normalized spacial score (nSPS) is 10.5. The Balaban J connectivity index is 0.000000718. The van der Waals surface area contributed by atoms with Gasteiger partial charge in [0.1, 0.15) is 10.7 Å². The van der Waals surface area contributed by atoms with E-state index in [4.69, 9.17) is 25.8 Å². The molecule has 0 spiro atoms. The van der Waals surface area contributed by atoms with Crippen LogP contribution in [0.25, 0.3) is 0 Å². The number of carbonyl (C=O) groups excluding carboxylic acids is 2. The Morgan fingerprint density at radius 1 is 1.29 bits per heavy atom. The maximum absolute atomic E-state index is 14.0. The van der Waals surface area contributed by atoms with E-state index in [0.29, 0.717) is 18.1 Å². The second-order valence-electron chi connectivity index (χ2n) is 6.36. The molecule has 1 aromatic carbocycles. The average molecular weight is 508 g/mol. The largest absolute Gasteiger partial charge is 0.490 e. The van der Waals surface area contributed by atoms with E-state index < -0.39 is 23.9 Å². The Morgan fingerprint density at radius 3 is 2.41 bits per heavy atom. The molecular formula is C19H20F4N4O6S. The number of nitrogens with two attached hydrogens (primary N) is 1. The molecule has 0 amide bonds. The lowest BCUT2D eigenvalue weighted by molar-refractivity contribution is -0.192. The molecule has 0 unspecified atom stereocenters. The van der Waals surface area contributed by atoms with E-state index in [1.165, 1.54) is 25.4 Å². The first-order valence-electron chi connectivity index (χ1n) is 9.16. The van der Waals surface area contributed by atoms with E-state index in [1.807, 2.05) is 0 Å². The van der Waals surface area contributed by atoms with Crippen molar-refractivity contribution in [2.75, 3.05) is 25.6 Å². The van der Waals surface area contributed by atoms with E-state index in [-0.39, 0.29) is 34.4 Å². The van der Waals surface area contributed by atoms with Gasteiger partial charge in [-0.1, -0.05) is 11.3 Å². The smallest absolute Gasteiger partial charge is 0.475 e. The minimum Gasteiger partial charge on any atom is -0.475 e. The number of esters is 2.